The summed E-state index contributed by atoms with van der Waals surface area (Å²) in [4.78, 5) is 0. The van der Waals surface area contributed by atoms with Gasteiger partial charge < -0.3 is 0 Å². The average molecular weight is 329 g/mol. The third-order valence-electron chi connectivity index (χ3n) is 2.90. The monoisotopic (exact) mass is 330 g/mol. The van der Waals surface area contributed by atoms with Crippen molar-refractivity contribution in [2.45, 2.75) is 22.7 Å². The Morgan fingerprint density at radius 2 is 1.00 bits per heavy atom. The van der Waals surface area contributed by atoms with Crippen LogP contribution in [0.15, 0.2) is 48.5 Å². The zero-order valence-corrected chi connectivity index (χ0v) is 13.4. The van der Waals surface area contributed by atoms with Crippen molar-refractivity contribution < 1.29 is 0 Å². The second kappa shape index (κ2) is 6.25. The summed E-state index contributed by atoms with van der Waals surface area (Å²) >= 11 is -0.287. The molecule has 2 radical (unpaired) electrons. The Kier molecular flexibility index (Phi) is 4.66. The SMILES string of the molecule is Cc1ccc([CH2][Sn][CH2]c2ccc(C)cc2)cc1. The molecule has 0 fully saturated rings. The van der Waals surface area contributed by atoms with Crippen molar-refractivity contribution >= 4 is 21.1 Å². The van der Waals surface area contributed by atoms with Gasteiger partial charge in [-0.2, -0.15) is 0 Å². The van der Waals surface area contributed by atoms with Crippen LogP contribution < -0.4 is 0 Å². The molecule has 0 aromatic heterocycles. The molecule has 0 saturated carbocycles. The van der Waals surface area contributed by atoms with Gasteiger partial charge in [0, 0.05) is 0 Å². The van der Waals surface area contributed by atoms with E-state index in [-0.39, 0.29) is 21.1 Å². The van der Waals surface area contributed by atoms with Crippen LogP contribution >= 0.6 is 0 Å². The predicted octanol–water partition coefficient (Wildman–Crippen LogP) is 3.71. The summed E-state index contributed by atoms with van der Waals surface area (Å²) in [6, 6.07) is 18.0. The first kappa shape index (κ1) is 12.7. The van der Waals surface area contributed by atoms with Crippen molar-refractivity contribution in [2.75, 3.05) is 0 Å². The molecule has 0 saturated heterocycles. The van der Waals surface area contributed by atoms with Crippen LogP contribution in [0.25, 0.3) is 0 Å². The van der Waals surface area contributed by atoms with Crippen molar-refractivity contribution in [2.24, 2.45) is 0 Å². The van der Waals surface area contributed by atoms with E-state index in [4.69, 9.17) is 0 Å². The Morgan fingerprint density at radius 3 is 1.35 bits per heavy atom. The molecule has 0 nitrogen and oxygen atoms in total. The van der Waals surface area contributed by atoms with Crippen molar-refractivity contribution in [3.05, 3.63) is 70.8 Å². The molecule has 0 N–H and O–H groups in total. The van der Waals surface area contributed by atoms with Crippen molar-refractivity contribution in [3.8, 4) is 0 Å². The van der Waals surface area contributed by atoms with Crippen LogP contribution in [0, 0.1) is 13.8 Å². The van der Waals surface area contributed by atoms with Gasteiger partial charge in [0.25, 0.3) is 0 Å². The van der Waals surface area contributed by atoms with Crippen molar-refractivity contribution in [1.29, 1.82) is 0 Å². The zero-order valence-electron chi connectivity index (χ0n) is 10.5. The Bertz CT molecular complexity index is 408. The van der Waals surface area contributed by atoms with Crippen LogP contribution in [0.5, 0.6) is 0 Å². The van der Waals surface area contributed by atoms with Gasteiger partial charge in [-0.25, -0.2) is 0 Å². The minimum atomic E-state index is -0.287. The third-order valence-corrected chi connectivity index (χ3v) is 6.66. The number of benzene rings is 2. The molecule has 2 rings (SSSR count). The normalized spacial score (nSPS) is 10.5. The molecule has 0 spiro atoms. The van der Waals surface area contributed by atoms with Gasteiger partial charge in [-0.1, -0.05) is 0 Å². The summed E-state index contributed by atoms with van der Waals surface area (Å²) in [5, 5.41) is 0. The molecule has 0 aliphatic rings. The molecule has 0 heterocycles. The molecular formula is C16H18Sn. The van der Waals surface area contributed by atoms with Gasteiger partial charge in [0.05, 0.1) is 0 Å². The van der Waals surface area contributed by atoms with E-state index in [1.165, 1.54) is 31.1 Å². The molecule has 0 aliphatic carbocycles. The Morgan fingerprint density at radius 1 is 0.647 bits per heavy atom. The molecule has 0 aliphatic heterocycles. The van der Waals surface area contributed by atoms with Crippen LogP contribution in [-0.4, -0.2) is 21.1 Å². The van der Waals surface area contributed by atoms with E-state index >= 15 is 0 Å². The van der Waals surface area contributed by atoms with E-state index in [1.54, 1.807) is 0 Å². The first-order chi connectivity index (χ1) is 8.24. The van der Waals surface area contributed by atoms with Crippen molar-refractivity contribution in [3.63, 3.8) is 0 Å². The second-order valence-electron chi connectivity index (χ2n) is 4.57. The van der Waals surface area contributed by atoms with E-state index in [0.29, 0.717) is 0 Å². The summed E-state index contributed by atoms with van der Waals surface area (Å²) in [6.45, 7) is 4.30. The fourth-order valence-corrected chi connectivity index (χ4v) is 5.11. The number of rotatable bonds is 4. The Labute approximate surface area is 114 Å². The molecule has 2 aromatic carbocycles. The number of hydrogen-bond acceptors (Lipinski definition) is 0. The van der Waals surface area contributed by atoms with Crippen molar-refractivity contribution in [1.82, 2.24) is 0 Å². The topological polar surface area (TPSA) is 0 Å². The van der Waals surface area contributed by atoms with Crippen LogP contribution in [0.4, 0.5) is 0 Å². The molecular weight excluding hydrogens is 311 g/mol. The van der Waals surface area contributed by atoms with E-state index < -0.39 is 0 Å². The van der Waals surface area contributed by atoms with Gasteiger partial charge in [0.15, 0.2) is 0 Å². The average Bonchev–Trinajstić information content (AvgIpc) is 2.34. The quantitative estimate of drug-likeness (QED) is 0.751. The van der Waals surface area contributed by atoms with Gasteiger partial charge in [-0.05, 0) is 0 Å². The molecule has 86 valence electrons. The Balaban J connectivity index is 1.83. The van der Waals surface area contributed by atoms with E-state index in [0.717, 1.165) is 0 Å². The predicted molar refractivity (Wildman–Crippen MR) is 75.5 cm³/mol. The Hall–Kier alpha value is -0.761. The molecule has 1 heteroatoms. The van der Waals surface area contributed by atoms with E-state index in [2.05, 4.69) is 62.4 Å². The van der Waals surface area contributed by atoms with Crippen LogP contribution in [0.1, 0.15) is 22.3 Å². The first-order valence-corrected chi connectivity index (χ1v) is 10.1. The molecule has 0 unspecified atom stereocenters. The molecule has 0 atom stereocenters. The molecule has 17 heavy (non-hydrogen) atoms. The van der Waals surface area contributed by atoms with Gasteiger partial charge in [0.2, 0.25) is 0 Å². The first-order valence-electron chi connectivity index (χ1n) is 6.06. The van der Waals surface area contributed by atoms with E-state index in [9.17, 15) is 0 Å². The van der Waals surface area contributed by atoms with E-state index in [1.807, 2.05) is 0 Å². The fourth-order valence-electron chi connectivity index (χ4n) is 1.76. The summed E-state index contributed by atoms with van der Waals surface area (Å²) in [5.41, 5.74) is 5.76. The van der Waals surface area contributed by atoms with Gasteiger partial charge in [-0.15, -0.1) is 0 Å². The number of hydrogen-bond donors (Lipinski definition) is 0. The third kappa shape index (κ3) is 4.19. The summed E-state index contributed by atoms with van der Waals surface area (Å²) in [7, 11) is 0. The summed E-state index contributed by atoms with van der Waals surface area (Å²) in [5.74, 6) is 0. The standard InChI is InChI=1S/2C8H9.Sn/c2*1-7-3-5-8(2)6-4-7;/h2*3-6H,1H2,2H3;. The fraction of sp³-hybridized carbons (Fsp3) is 0.250. The number of aryl methyl sites for hydroxylation is 2. The minimum absolute atomic E-state index is 0.287. The van der Waals surface area contributed by atoms with Gasteiger partial charge >= 0.3 is 115 Å². The molecule has 0 amide bonds. The maximum atomic E-state index is 2.28. The molecule has 2 aromatic rings. The second-order valence-corrected chi connectivity index (χ2v) is 8.02. The van der Waals surface area contributed by atoms with Crippen LogP contribution in [0.3, 0.4) is 0 Å². The van der Waals surface area contributed by atoms with Crippen LogP contribution in [-0.2, 0) is 8.87 Å². The summed E-state index contributed by atoms with van der Waals surface area (Å²) in [6.07, 6.45) is 0. The summed E-state index contributed by atoms with van der Waals surface area (Å²) < 4.78 is 2.69. The zero-order chi connectivity index (χ0) is 12.1. The van der Waals surface area contributed by atoms with Crippen LogP contribution in [0.2, 0.25) is 0 Å². The van der Waals surface area contributed by atoms with Gasteiger partial charge in [0.1, 0.15) is 0 Å². The maximum absolute atomic E-state index is 2.28. The molecule has 0 bridgehead atoms. The van der Waals surface area contributed by atoms with Gasteiger partial charge in [-0.3, -0.25) is 0 Å².